The van der Waals surface area contributed by atoms with Crippen LogP contribution in [0, 0.1) is 5.41 Å². The van der Waals surface area contributed by atoms with Gasteiger partial charge in [0.05, 0.1) is 39.4 Å². The SMILES string of the molecule is CC(C)(C)c1cc(-c2cc(-c3ccc4c(c3)C3(C)c5ccccc5C5(C)c6ccccc6C4(C)C53C)ccn2)nc(-c2cccc3c2nc(-c2cc(C(C)(C)C)cc(C(C)(C)C)c2O)n3-c2ccc(C(C)(C)C)cc2-c2ccccc2)c1. The number of aromatic nitrogens is 4. The van der Waals surface area contributed by atoms with Crippen molar-refractivity contribution in [2.24, 2.45) is 5.41 Å². The van der Waals surface area contributed by atoms with E-state index in [0.717, 1.165) is 72.7 Å². The summed E-state index contributed by atoms with van der Waals surface area (Å²) in [6.45, 7) is 37.0. The Balaban J connectivity index is 1.01. The Hall–Kier alpha value is -7.89. The second-order valence-electron chi connectivity index (χ2n) is 28.9. The Bertz CT molecular complexity index is 4280. The fourth-order valence-electron chi connectivity index (χ4n) is 15.4. The van der Waals surface area contributed by atoms with Gasteiger partial charge in [0.2, 0.25) is 0 Å². The fraction of sp³-hybridized carbons (Fsp3) is 0.312. The second kappa shape index (κ2) is 17.6. The number of fused-ring (bicyclic) bond motifs is 10. The number of nitrogens with zero attached hydrogens (tertiary/aromatic N) is 4. The number of para-hydroxylation sites is 1. The lowest BCUT2D eigenvalue weighted by molar-refractivity contribution is 0.0997. The molecule has 3 aromatic heterocycles. The highest BCUT2D eigenvalue weighted by Gasteiger charge is 2.79. The lowest BCUT2D eigenvalue weighted by Gasteiger charge is -2.49. The summed E-state index contributed by atoms with van der Waals surface area (Å²) in [6, 6.07) is 63.0. The van der Waals surface area contributed by atoms with Crippen molar-refractivity contribution in [1.82, 2.24) is 19.5 Å². The van der Waals surface area contributed by atoms with Gasteiger partial charge in [-0.05, 0) is 143 Å². The van der Waals surface area contributed by atoms with Crippen molar-refractivity contribution >= 4 is 11.0 Å². The summed E-state index contributed by atoms with van der Waals surface area (Å²) in [5.41, 5.74) is 22.6. The quantitative estimate of drug-likeness (QED) is 0.180. The molecule has 0 saturated heterocycles. The zero-order chi connectivity index (χ0) is 58.1. The predicted molar refractivity (Wildman–Crippen MR) is 341 cm³/mol. The minimum Gasteiger partial charge on any atom is -0.507 e. The van der Waals surface area contributed by atoms with Crippen LogP contribution in [0.2, 0.25) is 0 Å². The molecule has 82 heavy (non-hydrogen) atoms. The highest BCUT2D eigenvalue weighted by molar-refractivity contribution is 5.97. The number of rotatable bonds is 6. The van der Waals surface area contributed by atoms with E-state index in [9.17, 15) is 5.11 Å². The number of phenols is 1. The van der Waals surface area contributed by atoms with Crippen molar-refractivity contribution in [3.05, 3.63) is 232 Å². The van der Waals surface area contributed by atoms with Gasteiger partial charge in [-0.1, -0.05) is 226 Å². The third-order valence-corrected chi connectivity index (χ3v) is 20.3. The molecule has 7 aromatic carbocycles. The number of hydrogen-bond donors (Lipinski definition) is 1. The first kappa shape index (κ1) is 53.4. The third kappa shape index (κ3) is 7.33. The van der Waals surface area contributed by atoms with Crippen molar-refractivity contribution in [2.75, 3.05) is 0 Å². The van der Waals surface area contributed by atoms with Crippen LogP contribution in [-0.2, 0) is 37.9 Å². The Labute approximate surface area is 486 Å². The van der Waals surface area contributed by atoms with Crippen LogP contribution < -0.4 is 0 Å². The lowest BCUT2D eigenvalue weighted by atomic mass is 9.52. The minimum absolute atomic E-state index is 0.0971. The number of benzene rings is 7. The Morgan fingerprint density at radius 1 is 0.390 bits per heavy atom. The summed E-state index contributed by atoms with van der Waals surface area (Å²) in [7, 11) is 0. The minimum atomic E-state index is -0.351. The first-order chi connectivity index (χ1) is 38.6. The van der Waals surface area contributed by atoms with Crippen molar-refractivity contribution in [3.63, 3.8) is 0 Å². The van der Waals surface area contributed by atoms with Crippen LogP contribution in [0.5, 0.6) is 5.75 Å². The van der Waals surface area contributed by atoms with E-state index in [4.69, 9.17) is 15.0 Å². The molecule has 0 saturated carbocycles. The zero-order valence-electron chi connectivity index (χ0n) is 51.0. The first-order valence-corrected chi connectivity index (χ1v) is 29.6. The van der Waals surface area contributed by atoms with Crippen molar-refractivity contribution < 1.29 is 5.11 Å². The van der Waals surface area contributed by atoms with Crippen LogP contribution in [0.4, 0.5) is 0 Å². The highest BCUT2D eigenvalue weighted by atomic mass is 16.3. The van der Waals surface area contributed by atoms with Gasteiger partial charge in [-0.25, -0.2) is 9.97 Å². The summed E-state index contributed by atoms with van der Waals surface area (Å²) in [5, 5.41) is 12.7. The van der Waals surface area contributed by atoms with E-state index in [0.29, 0.717) is 11.4 Å². The van der Waals surface area contributed by atoms with Gasteiger partial charge >= 0.3 is 0 Å². The van der Waals surface area contributed by atoms with Gasteiger partial charge in [-0.3, -0.25) is 9.55 Å². The lowest BCUT2D eigenvalue weighted by Crippen LogP contribution is -2.51. The molecule has 5 nitrogen and oxygen atoms in total. The number of pyridine rings is 2. The Morgan fingerprint density at radius 3 is 1.52 bits per heavy atom. The molecule has 1 N–H and O–H groups in total. The molecule has 10 aromatic rings. The largest absolute Gasteiger partial charge is 0.507 e. The number of imidazole rings is 1. The molecule has 0 amide bonds. The molecule has 0 fully saturated rings. The van der Waals surface area contributed by atoms with Gasteiger partial charge in [0.15, 0.2) is 0 Å². The molecule has 4 atom stereocenters. The summed E-state index contributed by atoms with van der Waals surface area (Å²) in [5.74, 6) is 0.913. The van der Waals surface area contributed by atoms with Gasteiger partial charge in [0.1, 0.15) is 11.6 Å². The standard InChI is InChI=1S/C77H78N4O/c1-70(2,3)49-34-36-65(53(41-49)46-25-18-17-19-26-46)81-66-32-24-27-52(67(66)80-69(81)54-42-50(71(4,5)6)43-61(68(54)82)73(10,11)12)62-44-51(72(7,8)9)45-64(79-62)63-40-48(37-38-78-63)47-33-35-59-60(39-47)76(15)58-31-23-22-30-57(58)74(13)55-28-20-21-29-56(55)75(59,14)77(74,76)16/h17-45,82H,1-16H3. The molecular weight excluding hydrogens is 997 g/mol. The zero-order valence-corrected chi connectivity index (χ0v) is 51.0. The van der Waals surface area contributed by atoms with Gasteiger partial charge in [-0.15, -0.1) is 0 Å². The van der Waals surface area contributed by atoms with Crippen molar-refractivity contribution in [1.29, 1.82) is 0 Å². The van der Waals surface area contributed by atoms with Crippen LogP contribution >= 0.6 is 0 Å². The normalized spacial score (nSPS) is 20.9. The second-order valence-corrected chi connectivity index (χ2v) is 28.9. The maximum absolute atomic E-state index is 12.7. The fourth-order valence-corrected chi connectivity index (χ4v) is 15.4. The summed E-state index contributed by atoms with van der Waals surface area (Å²) >= 11 is 0. The Morgan fingerprint density at radius 2 is 0.927 bits per heavy atom. The monoisotopic (exact) mass is 1070 g/mol. The van der Waals surface area contributed by atoms with Crippen LogP contribution in [0.15, 0.2) is 176 Å². The van der Waals surface area contributed by atoms with Gasteiger partial charge in [0, 0.05) is 44.5 Å². The molecule has 3 aliphatic rings. The molecule has 4 unspecified atom stereocenters. The molecule has 3 heterocycles. The van der Waals surface area contributed by atoms with E-state index in [-0.39, 0.29) is 49.1 Å². The molecule has 412 valence electrons. The molecule has 0 aliphatic heterocycles. The first-order valence-electron chi connectivity index (χ1n) is 29.6. The highest BCUT2D eigenvalue weighted by Crippen LogP contribution is 2.82. The molecule has 5 heteroatoms. The van der Waals surface area contributed by atoms with Gasteiger partial charge in [-0.2, -0.15) is 0 Å². The average Bonchev–Trinajstić information content (AvgIpc) is 1.45. The van der Waals surface area contributed by atoms with Gasteiger partial charge in [0.25, 0.3) is 0 Å². The number of hydrogen-bond acceptors (Lipinski definition) is 4. The van der Waals surface area contributed by atoms with E-state index in [1.165, 1.54) is 44.5 Å². The summed E-state index contributed by atoms with van der Waals surface area (Å²) in [6.07, 6.45) is 1.95. The van der Waals surface area contributed by atoms with Crippen molar-refractivity contribution in [2.45, 2.75) is 149 Å². The van der Waals surface area contributed by atoms with E-state index in [1.807, 2.05) is 6.20 Å². The molecule has 0 bridgehead atoms. The maximum atomic E-state index is 12.7. The molecular formula is C77H78N4O. The maximum Gasteiger partial charge on any atom is 0.149 e. The predicted octanol–water partition coefficient (Wildman–Crippen LogP) is 19.3. The van der Waals surface area contributed by atoms with Crippen LogP contribution in [0.25, 0.3) is 73.0 Å². The smallest absolute Gasteiger partial charge is 0.149 e. The van der Waals surface area contributed by atoms with E-state index in [2.05, 4.69) is 285 Å². The van der Waals surface area contributed by atoms with Crippen molar-refractivity contribution in [3.8, 4) is 67.7 Å². The number of aromatic hydroxyl groups is 1. The van der Waals surface area contributed by atoms with Crippen LogP contribution in [0.3, 0.4) is 0 Å². The van der Waals surface area contributed by atoms with E-state index in [1.54, 1.807) is 0 Å². The summed E-state index contributed by atoms with van der Waals surface area (Å²) < 4.78 is 2.29. The summed E-state index contributed by atoms with van der Waals surface area (Å²) in [4.78, 5) is 16.5. The van der Waals surface area contributed by atoms with Crippen LogP contribution in [-0.4, -0.2) is 24.6 Å². The topological polar surface area (TPSA) is 63.8 Å². The molecule has 13 rings (SSSR count). The third-order valence-electron chi connectivity index (χ3n) is 20.3. The van der Waals surface area contributed by atoms with E-state index < -0.39 is 0 Å². The molecule has 0 radical (unpaired) electrons. The number of phenolic OH excluding ortho intramolecular Hbond substituents is 1. The van der Waals surface area contributed by atoms with Crippen LogP contribution in [0.1, 0.15) is 166 Å². The molecule has 0 spiro atoms. The Kier molecular flexibility index (Phi) is 11.4. The average molecular weight is 1080 g/mol. The van der Waals surface area contributed by atoms with E-state index >= 15 is 0 Å². The molecule has 3 aliphatic carbocycles. The van der Waals surface area contributed by atoms with Gasteiger partial charge < -0.3 is 5.11 Å².